The van der Waals surface area contributed by atoms with Crippen LogP contribution >= 0.6 is 0 Å². The zero-order valence-corrected chi connectivity index (χ0v) is 27.4. The molecule has 0 bridgehead atoms. The van der Waals surface area contributed by atoms with E-state index in [9.17, 15) is 22.4 Å². The van der Waals surface area contributed by atoms with E-state index in [0.717, 1.165) is 62.7 Å². The van der Waals surface area contributed by atoms with Crippen molar-refractivity contribution < 1.29 is 31.8 Å². The third-order valence-corrected chi connectivity index (χ3v) is 9.12. The number of carbonyl (C=O) groups is 1. The first-order valence-corrected chi connectivity index (χ1v) is 16.4. The number of ether oxygens (including phenoxy) is 2. The van der Waals surface area contributed by atoms with Gasteiger partial charge in [-0.1, -0.05) is 0 Å². The number of piperidine rings is 1. The molecule has 0 unspecified atom stereocenters. The van der Waals surface area contributed by atoms with Gasteiger partial charge in [-0.15, -0.1) is 0 Å². The maximum Gasteiger partial charge on any atom is 0.406 e. The lowest BCUT2D eigenvalue weighted by molar-refractivity contribution is -0.143. The quantitative estimate of drug-likeness (QED) is 0.271. The highest BCUT2D eigenvalue weighted by Crippen LogP contribution is 2.36. The molecule has 0 radical (unpaired) electrons. The average Bonchev–Trinajstić information content (AvgIpc) is 3.04. The number of amides is 1. The lowest BCUT2D eigenvalue weighted by Crippen LogP contribution is -2.50. The standard InChI is InChI=1S/C34H41F4N7O3/c1-22(2)45(20-34(36,37)38)33(46)26-14-24(35)4-5-29(26)48-31-15-39-21-41-32(31)44-12-7-25(8-13-44)47-30-6-10-40-28-9-11-43(19-27(28)30)18-23-16-42(3)17-23/h4-6,10,14-15,21-23,25H,7-9,11-13,16-20H2,1-3H3. The number of likely N-dealkylation sites (tertiary alicyclic amines) is 1. The van der Waals surface area contributed by atoms with Gasteiger partial charge < -0.3 is 24.2 Å². The van der Waals surface area contributed by atoms with Gasteiger partial charge in [0.05, 0.1) is 11.8 Å². The Morgan fingerprint density at radius 1 is 1.06 bits per heavy atom. The Kier molecular flexibility index (Phi) is 10.0. The number of pyridine rings is 1. The summed E-state index contributed by atoms with van der Waals surface area (Å²) in [6.45, 7) is 7.83. The fraction of sp³-hybridized carbons (Fsp3) is 0.529. The Bertz CT molecular complexity index is 1590. The molecule has 258 valence electrons. The van der Waals surface area contributed by atoms with Gasteiger partial charge >= 0.3 is 6.18 Å². The van der Waals surface area contributed by atoms with Gasteiger partial charge in [0.2, 0.25) is 0 Å². The zero-order valence-electron chi connectivity index (χ0n) is 27.4. The van der Waals surface area contributed by atoms with Crippen LogP contribution in [0.2, 0.25) is 0 Å². The van der Waals surface area contributed by atoms with Gasteiger partial charge in [-0.25, -0.2) is 14.4 Å². The van der Waals surface area contributed by atoms with Crippen molar-refractivity contribution in [2.45, 2.75) is 58.0 Å². The Morgan fingerprint density at radius 2 is 1.83 bits per heavy atom. The highest BCUT2D eigenvalue weighted by molar-refractivity contribution is 5.97. The largest absolute Gasteiger partial charge is 0.490 e. The second-order valence-corrected chi connectivity index (χ2v) is 13.2. The molecule has 2 fully saturated rings. The van der Waals surface area contributed by atoms with Crippen molar-refractivity contribution in [2.75, 3.05) is 57.8 Å². The molecule has 1 amide bonds. The van der Waals surface area contributed by atoms with E-state index in [0.29, 0.717) is 42.6 Å². The van der Waals surface area contributed by atoms with Crippen LogP contribution in [-0.4, -0.2) is 107 Å². The molecule has 0 N–H and O–H groups in total. The van der Waals surface area contributed by atoms with E-state index in [1.165, 1.54) is 38.0 Å². The number of anilines is 1. The minimum Gasteiger partial charge on any atom is -0.490 e. The van der Waals surface area contributed by atoms with Crippen LogP contribution in [0.1, 0.15) is 48.3 Å². The summed E-state index contributed by atoms with van der Waals surface area (Å²) >= 11 is 0. The summed E-state index contributed by atoms with van der Waals surface area (Å²) < 4.78 is 66.8. The second-order valence-electron chi connectivity index (χ2n) is 13.2. The van der Waals surface area contributed by atoms with Gasteiger partial charge in [0.15, 0.2) is 11.6 Å². The number of benzene rings is 1. The molecule has 0 spiro atoms. The Hall–Kier alpha value is -4.04. The number of carbonyl (C=O) groups excluding carboxylic acids is 1. The number of aromatic nitrogens is 3. The van der Waals surface area contributed by atoms with Crippen LogP contribution < -0.4 is 14.4 Å². The monoisotopic (exact) mass is 671 g/mol. The normalized spacial score (nSPS) is 18.0. The number of nitrogens with zero attached hydrogens (tertiary/aromatic N) is 7. The molecule has 1 aromatic carbocycles. The zero-order chi connectivity index (χ0) is 34.0. The molecule has 0 aliphatic carbocycles. The highest BCUT2D eigenvalue weighted by Gasteiger charge is 2.36. The predicted molar refractivity (Wildman–Crippen MR) is 171 cm³/mol. The Morgan fingerprint density at radius 3 is 2.54 bits per heavy atom. The molecule has 3 aromatic rings. The number of halogens is 4. The molecule has 6 rings (SSSR count). The SMILES string of the molecule is CC(C)N(CC(F)(F)F)C(=O)c1cc(F)ccc1Oc1cncnc1N1CCC(Oc2ccnc3c2CN(CC2CN(C)C2)CC3)CC1. The van der Waals surface area contributed by atoms with E-state index in [1.807, 2.05) is 17.2 Å². The van der Waals surface area contributed by atoms with Gasteiger partial charge in [-0.2, -0.15) is 13.2 Å². The third kappa shape index (κ3) is 7.97. The van der Waals surface area contributed by atoms with Crippen LogP contribution in [0.15, 0.2) is 43.0 Å². The van der Waals surface area contributed by atoms with Crippen LogP contribution in [0, 0.1) is 11.7 Å². The molecule has 2 aromatic heterocycles. The maximum atomic E-state index is 14.3. The van der Waals surface area contributed by atoms with Gasteiger partial charge in [0, 0.05) is 88.6 Å². The lowest BCUT2D eigenvalue weighted by atomic mass is 9.98. The molecule has 2 saturated heterocycles. The van der Waals surface area contributed by atoms with Crippen LogP contribution in [0.25, 0.3) is 0 Å². The number of hydrogen-bond donors (Lipinski definition) is 0. The molecule has 5 heterocycles. The highest BCUT2D eigenvalue weighted by atomic mass is 19.4. The summed E-state index contributed by atoms with van der Waals surface area (Å²) in [4.78, 5) is 33.9. The van der Waals surface area contributed by atoms with Crippen molar-refractivity contribution >= 4 is 11.7 Å². The summed E-state index contributed by atoms with van der Waals surface area (Å²) in [6.07, 6.45) is 2.29. The minimum atomic E-state index is -4.63. The van der Waals surface area contributed by atoms with Gasteiger partial charge in [0.25, 0.3) is 5.91 Å². The average molecular weight is 672 g/mol. The van der Waals surface area contributed by atoms with E-state index in [2.05, 4.69) is 31.8 Å². The molecule has 0 saturated carbocycles. The molecule has 3 aliphatic heterocycles. The van der Waals surface area contributed by atoms with Crippen molar-refractivity contribution in [3.63, 3.8) is 0 Å². The van der Waals surface area contributed by atoms with Crippen molar-refractivity contribution in [1.82, 2.24) is 29.7 Å². The van der Waals surface area contributed by atoms with Crippen molar-refractivity contribution in [3.05, 3.63) is 65.6 Å². The molecule has 0 atom stereocenters. The molecule has 14 heteroatoms. The van der Waals surface area contributed by atoms with Gasteiger partial charge in [-0.05, 0) is 51.1 Å². The smallest absolute Gasteiger partial charge is 0.406 e. The summed E-state index contributed by atoms with van der Waals surface area (Å²) in [5.74, 6) is 0.384. The number of hydrogen-bond acceptors (Lipinski definition) is 9. The van der Waals surface area contributed by atoms with E-state index >= 15 is 0 Å². The summed E-state index contributed by atoms with van der Waals surface area (Å²) in [7, 11) is 2.15. The number of rotatable bonds is 10. The first-order chi connectivity index (χ1) is 22.9. The molecule has 3 aliphatic rings. The summed E-state index contributed by atoms with van der Waals surface area (Å²) in [5.41, 5.74) is 1.94. The van der Waals surface area contributed by atoms with Crippen molar-refractivity contribution in [1.29, 1.82) is 0 Å². The third-order valence-electron chi connectivity index (χ3n) is 9.12. The van der Waals surface area contributed by atoms with Gasteiger partial charge in [-0.3, -0.25) is 14.7 Å². The molecular weight excluding hydrogens is 630 g/mol. The van der Waals surface area contributed by atoms with E-state index < -0.39 is 30.5 Å². The van der Waals surface area contributed by atoms with Crippen LogP contribution in [0.4, 0.5) is 23.4 Å². The van der Waals surface area contributed by atoms with Crippen LogP contribution in [-0.2, 0) is 13.0 Å². The number of fused-ring (bicyclic) bond motifs is 1. The topological polar surface area (TPSA) is 87.2 Å². The van der Waals surface area contributed by atoms with E-state index in [4.69, 9.17) is 9.47 Å². The van der Waals surface area contributed by atoms with Crippen LogP contribution in [0.3, 0.4) is 0 Å². The first-order valence-electron chi connectivity index (χ1n) is 16.4. The van der Waals surface area contributed by atoms with Gasteiger partial charge in [0.1, 0.15) is 36.3 Å². The number of alkyl halides is 3. The predicted octanol–water partition coefficient (Wildman–Crippen LogP) is 5.18. The minimum absolute atomic E-state index is 0.0217. The second kappa shape index (κ2) is 14.2. The van der Waals surface area contributed by atoms with E-state index in [1.54, 1.807) is 0 Å². The first kappa shape index (κ1) is 33.8. The van der Waals surface area contributed by atoms with Crippen molar-refractivity contribution in [2.24, 2.45) is 5.92 Å². The summed E-state index contributed by atoms with van der Waals surface area (Å²) in [5, 5.41) is 0. The molecule has 10 nitrogen and oxygen atoms in total. The molecular formula is C34H41F4N7O3. The molecule has 48 heavy (non-hydrogen) atoms. The fourth-order valence-corrected chi connectivity index (χ4v) is 6.74. The van der Waals surface area contributed by atoms with E-state index in [-0.39, 0.29) is 23.2 Å². The Balaban J connectivity index is 1.12. The Labute approximate surface area is 277 Å². The van der Waals surface area contributed by atoms with Crippen LogP contribution in [0.5, 0.6) is 17.2 Å². The fourth-order valence-electron chi connectivity index (χ4n) is 6.74. The van der Waals surface area contributed by atoms with Crippen molar-refractivity contribution in [3.8, 4) is 17.2 Å². The lowest BCUT2D eigenvalue weighted by Gasteiger charge is -2.40. The maximum absolute atomic E-state index is 14.3. The summed E-state index contributed by atoms with van der Waals surface area (Å²) in [6, 6.07) is 4.37.